The summed E-state index contributed by atoms with van der Waals surface area (Å²) in [6, 6.07) is 10.0. The van der Waals surface area contributed by atoms with Crippen molar-refractivity contribution in [2.45, 2.75) is 52.6 Å². The summed E-state index contributed by atoms with van der Waals surface area (Å²) in [5.41, 5.74) is 4.55. The highest BCUT2D eigenvalue weighted by atomic mass is 16.5. The zero-order valence-electron chi connectivity index (χ0n) is 14.5. The van der Waals surface area contributed by atoms with Gasteiger partial charge >= 0.3 is 5.97 Å². The van der Waals surface area contributed by atoms with Crippen molar-refractivity contribution in [3.05, 3.63) is 52.8 Å². The maximum atomic E-state index is 12.5. The zero-order chi connectivity index (χ0) is 17.3. The van der Waals surface area contributed by atoms with Crippen molar-refractivity contribution in [1.29, 1.82) is 0 Å². The minimum atomic E-state index is -0.575. The van der Waals surface area contributed by atoms with Gasteiger partial charge in [0.15, 0.2) is 11.9 Å². The topological polar surface area (TPSA) is 48.3 Å². The Labute approximate surface area is 142 Å². The molecule has 1 aliphatic carbocycles. The normalized spacial score (nSPS) is 17.8. The molecule has 0 unspecified atom stereocenters. The van der Waals surface area contributed by atoms with E-state index < -0.39 is 12.1 Å². The summed E-state index contributed by atoms with van der Waals surface area (Å²) in [5, 5.41) is 0. The van der Waals surface area contributed by atoms with E-state index in [1.165, 1.54) is 5.56 Å². The fraction of sp³-hybridized carbons (Fsp3) is 0.400. The largest absolute Gasteiger partial charge is 0.451 e. The van der Waals surface area contributed by atoms with Gasteiger partial charge in [-0.3, -0.25) is 4.79 Å². The van der Waals surface area contributed by atoms with Crippen molar-refractivity contribution < 1.29 is 14.3 Å². The van der Waals surface area contributed by atoms with Crippen LogP contribution in [0, 0.1) is 20.8 Å². The van der Waals surface area contributed by atoms with Crippen LogP contribution in [-0.2, 0) is 9.53 Å². The van der Waals surface area contributed by atoms with Crippen LogP contribution >= 0.6 is 0 Å². The minimum Gasteiger partial charge on any atom is -0.451 e. The van der Waals surface area contributed by atoms with E-state index in [9.17, 15) is 9.59 Å². The molecule has 1 saturated carbocycles. The molecule has 0 radical (unpaired) electrons. The number of hydrogen-bond donors (Lipinski definition) is 0. The lowest BCUT2D eigenvalue weighted by Crippen LogP contribution is -2.30. The number of Topliss-reactive ketones (excluding diaryl/α,β-unsaturated/α-hetero) is 1. The second-order valence-electron chi connectivity index (χ2n) is 6.56. The van der Waals surface area contributed by atoms with E-state index in [1.54, 1.807) is 0 Å². The molecular formula is C20H23NO3. The van der Waals surface area contributed by atoms with Crippen LogP contribution in [0.25, 0.3) is 5.69 Å². The molecule has 0 saturated heterocycles. The van der Waals surface area contributed by atoms with Crippen LogP contribution in [0.1, 0.15) is 53.0 Å². The Morgan fingerprint density at radius 2 is 1.83 bits per heavy atom. The SMILES string of the molecule is Cc1ccc(-n2c(C)cc(C(=O)O[C@H]3CCCCC3=O)c2C)cc1. The third kappa shape index (κ3) is 3.14. The molecule has 4 nitrogen and oxygen atoms in total. The summed E-state index contributed by atoms with van der Waals surface area (Å²) in [6.45, 7) is 5.92. The Morgan fingerprint density at radius 3 is 2.50 bits per heavy atom. The molecule has 0 N–H and O–H groups in total. The Morgan fingerprint density at radius 1 is 1.12 bits per heavy atom. The van der Waals surface area contributed by atoms with Gasteiger partial charge in [0.2, 0.25) is 0 Å². The summed E-state index contributed by atoms with van der Waals surface area (Å²) >= 11 is 0. The lowest BCUT2D eigenvalue weighted by Gasteiger charge is -2.20. The van der Waals surface area contributed by atoms with E-state index in [-0.39, 0.29) is 5.78 Å². The number of aryl methyl sites for hydroxylation is 2. The Hall–Kier alpha value is -2.36. The summed E-state index contributed by atoms with van der Waals surface area (Å²) < 4.78 is 7.53. The molecular weight excluding hydrogens is 302 g/mol. The maximum Gasteiger partial charge on any atom is 0.340 e. The second kappa shape index (κ2) is 6.63. The number of nitrogens with zero attached hydrogens (tertiary/aromatic N) is 1. The number of ether oxygens (including phenoxy) is 1. The molecule has 0 spiro atoms. The highest BCUT2D eigenvalue weighted by Gasteiger charge is 2.27. The molecule has 0 bridgehead atoms. The maximum absolute atomic E-state index is 12.5. The first-order valence-electron chi connectivity index (χ1n) is 8.47. The highest BCUT2D eigenvalue weighted by molar-refractivity contribution is 5.94. The second-order valence-corrected chi connectivity index (χ2v) is 6.56. The highest BCUT2D eigenvalue weighted by Crippen LogP contribution is 2.24. The van der Waals surface area contributed by atoms with E-state index in [0.29, 0.717) is 18.4 Å². The van der Waals surface area contributed by atoms with Crippen LogP contribution in [-0.4, -0.2) is 22.4 Å². The van der Waals surface area contributed by atoms with Crippen molar-refractivity contribution in [2.75, 3.05) is 0 Å². The van der Waals surface area contributed by atoms with E-state index in [2.05, 4.69) is 0 Å². The molecule has 2 aromatic rings. The van der Waals surface area contributed by atoms with Crippen molar-refractivity contribution in [1.82, 2.24) is 4.57 Å². The molecule has 24 heavy (non-hydrogen) atoms. The Balaban J connectivity index is 1.86. The van der Waals surface area contributed by atoms with Crippen molar-refractivity contribution >= 4 is 11.8 Å². The fourth-order valence-corrected chi connectivity index (χ4v) is 3.33. The van der Waals surface area contributed by atoms with Gasteiger partial charge in [-0.15, -0.1) is 0 Å². The quantitative estimate of drug-likeness (QED) is 0.799. The smallest absolute Gasteiger partial charge is 0.340 e. The van der Waals surface area contributed by atoms with Crippen LogP contribution in [0.15, 0.2) is 30.3 Å². The first kappa shape index (κ1) is 16.5. The standard InChI is InChI=1S/C20H23NO3/c1-13-8-10-16(11-9-13)21-14(2)12-17(15(21)3)20(23)24-19-7-5-4-6-18(19)22/h8-12,19H,4-7H2,1-3H3/t19-/m0/s1. The average molecular weight is 325 g/mol. The van der Waals surface area contributed by atoms with Gasteiger partial charge in [0, 0.05) is 23.5 Å². The minimum absolute atomic E-state index is 0.0435. The molecule has 1 atom stereocenters. The number of esters is 1. The molecule has 1 aromatic carbocycles. The van der Waals surface area contributed by atoms with Crippen LogP contribution in [0.3, 0.4) is 0 Å². The van der Waals surface area contributed by atoms with Gasteiger partial charge in [0.1, 0.15) is 0 Å². The molecule has 3 rings (SSSR count). The predicted octanol–water partition coefficient (Wildman–Crippen LogP) is 4.07. The van der Waals surface area contributed by atoms with Gasteiger partial charge in [0.25, 0.3) is 0 Å². The van der Waals surface area contributed by atoms with Crippen molar-refractivity contribution in [3.8, 4) is 5.69 Å². The Bertz CT molecular complexity index is 771. The molecule has 1 fully saturated rings. The molecule has 4 heteroatoms. The molecule has 1 heterocycles. The average Bonchev–Trinajstić information content (AvgIpc) is 2.85. The van der Waals surface area contributed by atoms with Gasteiger partial charge in [-0.1, -0.05) is 17.7 Å². The number of rotatable bonds is 3. The fourth-order valence-electron chi connectivity index (χ4n) is 3.33. The van der Waals surface area contributed by atoms with Crippen molar-refractivity contribution in [2.24, 2.45) is 0 Å². The summed E-state index contributed by atoms with van der Waals surface area (Å²) in [7, 11) is 0. The van der Waals surface area contributed by atoms with Gasteiger partial charge in [-0.2, -0.15) is 0 Å². The third-order valence-electron chi connectivity index (χ3n) is 4.69. The lowest BCUT2D eigenvalue weighted by atomic mass is 9.96. The van der Waals surface area contributed by atoms with Gasteiger partial charge in [-0.25, -0.2) is 4.79 Å². The van der Waals surface area contributed by atoms with Gasteiger partial charge in [-0.05, 0) is 58.2 Å². The molecule has 0 amide bonds. The van der Waals surface area contributed by atoms with E-state index >= 15 is 0 Å². The van der Waals surface area contributed by atoms with Crippen LogP contribution in [0.2, 0.25) is 0 Å². The molecule has 1 aliphatic rings. The number of benzene rings is 1. The van der Waals surface area contributed by atoms with Gasteiger partial charge < -0.3 is 9.30 Å². The molecule has 1 aromatic heterocycles. The monoisotopic (exact) mass is 325 g/mol. The van der Waals surface area contributed by atoms with Crippen LogP contribution < -0.4 is 0 Å². The third-order valence-corrected chi connectivity index (χ3v) is 4.69. The Kier molecular flexibility index (Phi) is 4.56. The zero-order valence-corrected chi connectivity index (χ0v) is 14.5. The van der Waals surface area contributed by atoms with E-state index in [1.807, 2.05) is 55.7 Å². The van der Waals surface area contributed by atoms with E-state index in [4.69, 9.17) is 4.74 Å². The lowest BCUT2D eigenvalue weighted by molar-refractivity contribution is -0.129. The summed E-state index contributed by atoms with van der Waals surface area (Å²) in [6.07, 6.45) is 2.41. The number of ketones is 1. The first-order chi connectivity index (χ1) is 11.5. The summed E-state index contributed by atoms with van der Waals surface area (Å²) in [4.78, 5) is 24.4. The van der Waals surface area contributed by atoms with Crippen LogP contribution in [0.4, 0.5) is 0 Å². The number of carbonyl (C=O) groups is 2. The molecule has 126 valence electrons. The molecule has 0 aliphatic heterocycles. The number of aromatic nitrogens is 1. The predicted molar refractivity (Wildman–Crippen MR) is 92.7 cm³/mol. The first-order valence-corrected chi connectivity index (χ1v) is 8.47. The van der Waals surface area contributed by atoms with E-state index in [0.717, 1.165) is 29.9 Å². The van der Waals surface area contributed by atoms with Crippen LogP contribution in [0.5, 0.6) is 0 Å². The van der Waals surface area contributed by atoms with Gasteiger partial charge in [0.05, 0.1) is 5.56 Å². The summed E-state index contributed by atoms with van der Waals surface area (Å²) in [5.74, 6) is -0.358. The number of carbonyl (C=O) groups excluding carboxylic acids is 2. The van der Waals surface area contributed by atoms with Crippen molar-refractivity contribution in [3.63, 3.8) is 0 Å². The number of hydrogen-bond acceptors (Lipinski definition) is 3.